The molecule has 0 aliphatic heterocycles. The van der Waals surface area contributed by atoms with Crippen molar-refractivity contribution in [1.82, 2.24) is 15.5 Å². The van der Waals surface area contributed by atoms with Gasteiger partial charge in [-0.05, 0) is 0 Å². The molecule has 9 heteroatoms. The Morgan fingerprint density at radius 1 is 0.944 bits per heavy atom. The maximum absolute atomic E-state index is 11.5. The molecule has 0 unspecified atom stereocenters. The van der Waals surface area contributed by atoms with E-state index >= 15 is 0 Å². The number of aliphatic hydroxyl groups excluding tert-OH is 2. The van der Waals surface area contributed by atoms with Crippen LogP contribution in [0.25, 0.3) is 0 Å². The van der Waals surface area contributed by atoms with Gasteiger partial charge in [0.25, 0.3) is 0 Å². The Balaban J connectivity index is 3.98. The molecule has 5 N–H and O–H groups in total. The lowest BCUT2D eigenvalue weighted by atomic mass is 10.5. The zero-order valence-electron chi connectivity index (χ0n) is 9.76. The van der Waals surface area contributed by atoms with Crippen LogP contribution in [0.4, 0.5) is 4.79 Å². The molecule has 0 spiro atoms. The van der Waals surface area contributed by atoms with Crippen LogP contribution in [-0.4, -0.2) is 77.5 Å². The maximum Gasteiger partial charge on any atom is 0.322 e. The van der Waals surface area contributed by atoms with Crippen LogP contribution in [0.5, 0.6) is 0 Å². The summed E-state index contributed by atoms with van der Waals surface area (Å²) in [4.78, 5) is 33.8. The van der Waals surface area contributed by atoms with Gasteiger partial charge in [0, 0.05) is 13.1 Å². The molecule has 0 aliphatic carbocycles. The monoisotopic (exact) mass is 263 g/mol. The van der Waals surface area contributed by atoms with Crippen molar-refractivity contribution >= 4 is 17.9 Å². The molecule has 0 rings (SSSR count). The number of hydrogen-bond donors (Lipinski definition) is 5. The fourth-order valence-electron chi connectivity index (χ4n) is 1.06. The number of hydrogen-bond acceptors (Lipinski definition) is 5. The van der Waals surface area contributed by atoms with Crippen molar-refractivity contribution in [2.24, 2.45) is 0 Å². The summed E-state index contributed by atoms with van der Waals surface area (Å²) in [6.07, 6.45) is 0. The van der Waals surface area contributed by atoms with Crippen LogP contribution in [0.15, 0.2) is 0 Å². The Hall–Kier alpha value is -1.87. The first-order valence-electron chi connectivity index (χ1n) is 5.24. The Bertz CT molecular complexity index is 290. The number of carbonyl (C=O) groups excluding carboxylic acids is 2. The van der Waals surface area contributed by atoms with Gasteiger partial charge in [0.2, 0.25) is 5.91 Å². The number of rotatable bonds is 8. The van der Waals surface area contributed by atoms with Crippen LogP contribution < -0.4 is 10.6 Å². The number of carbonyl (C=O) groups is 3. The highest BCUT2D eigenvalue weighted by Gasteiger charge is 2.13. The number of carboxylic acids is 1. The van der Waals surface area contributed by atoms with Crippen LogP contribution in [0.2, 0.25) is 0 Å². The predicted octanol–water partition coefficient (Wildman–Crippen LogP) is -2.82. The summed E-state index contributed by atoms with van der Waals surface area (Å²) in [6, 6.07) is -0.622. The smallest absolute Gasteiger partial charge is 0.322 e. The normalized spacial score (nSPS) is 9.67. The van der Waals surface area contributed by atoms with Gasteiger partial charge in [-0.15, -0.1) is 0 Å². The van der Waals surface area contributed by atoms with Crippen LogP contribution in [-0.2, 0) is 9.59 Å². The van der Waals surface area contributed by atoms with E-state index in [1.54, 1.807) is 0 Å². The predicted molar refractivity (Wildman–Crippen MR) is 59.8 cm³/mol. The molecule has 0 aromatic carbocycles. The van der Waals surface area contributed by atoms with E-state index in [2.05, 4.69) is 10.6 Å². The number of nitrogens with zero attached hydrogens (tertiary/aromatic N) is 1. The van der Waals surface area contributed by atoms with E-state index < -0.39 is 24.5 Å². The van der Waals surface area contributed by atoms with Crippen molar-refractivity contribution in [3.05, 3.63) is 0 Å². The van der Waals surface area contributed by atoms with E-state index in [1.807, 2.05) is 0 Å². The minimum Gasteiger partial charge on any atom is -0.480 e. The molecule has 0 aromatic heterocycles. The third-order valence-electron chi connectivity index (χ3n) is 1.86. The fourth-order valence-corrected chi connectivity index (χ4v) is 1.06. The van der Waals surface area contributed by atoms with Crippen molar-refractivity contribution < 1.29 is 29.7 Å². The molecule has 0 bridgehead atoms. The minimum absolute atomic E-state index is 0.0309. The third-order valence-corrected chi connectivity index (χ3v) is 1.86. The molecule has 0 radical (unpaired) electrons. The summed E-state index contributed by atoms with van der Waals surface area (Å²) in [5.74, 6) is -1.82. The van der Waals surface area contributed by atoms with Gasteiger partial charge in [0.05, 0.1) is 19.8 Å². The van der Waals surface area contributed by atoms with Crippen LogP contribution in [0, 0.1) is 0 Å². The molecule has 0 fully saturated rings. The molecule has 0 saturated heterocycles. The van der Waals surface area contributed by atoms with Gasteiger partial charge in [-0.2, -0.15) is 0 Å². The van der Waals surface area contributed by atoms with Gasteiger partial charge >= 0.3 is 12.0 Å². The van der Waals surface area contributed by atoms with Gasteiger partial charge in [-0.25, -0.2) is 4.79 Å². The molecule has 0 heterocycles. The lowest BCUT2D eigenvalue weighted by Gasteiger charge is -2.20. The van der Waals surface area contributed by atoms with Crippen molar-refractivity contribution in [1.29, 1.82) is 0 Å². The van der Waals surface area contributed by atoms with Gasteiger partial charge in [0.15, 0.2) is 0 Å². The number of urea groups is 1. The average Bonchev–Trinajstić information content (AvgIpc) is 2.33. The second-order valence-corrected chi connectivity index (χ2v) is 3.26. The molecular weight excluding hydrogens is 246 g/mol. The van der Waals surface area contributed by atoms with E-state index in [0.717, 1.165) is 4.90 Å². The quantitative estimate of drug-likeness (QED) is 0.320. The zero-order chi connectivity index (χ0) is 14.0. The molecular formula is C9H17N3O6. The second kappa shape index (κ2) is 9.19. The van der Waals surface area contributed by atoms with E-state index in [9.17, 15) is 14.4 Å². The third kappa shape index (κ3) is 7.41. The van der Waals surface area contributed by atoms with Crippen molar-refractivity contribution in [3.63, 3.8) is 0 Å². The highest BCUT2D eigenvalue weighted by molar-refractivity contribution is 5.86. The van der Waals surface area contributed by atoms with E-state index in [-0.39, 0.29) is 32.8 Å². The lowest BCUT2D eigenvalue weighted by Crippen LogP contribution is -2.46. The Labute approximate surface area is 103 Å². The Morgan fingerprint density at radius 2 is 1.50 bits per heavy atom. The van der Waals surface area contributed by atoms with Gasteiger partial charge < -0.3 is 30.9 Å². The van der Waals surface area contributed by atoms with E-state index in [0.29, 0.717) is 0 Å². The van der Waals surface area contributed by atoms with Crippen molar-refractivity contribution in [2.45, 2.75) is 0 Å². The summed E-state index contributed by atoms with van der Waals surface area (Å²) in [5.41, 5.74) is 0. The molecule has 3 amide bonds. The van der Waals surface area contributed by atoms with E-state index in [4.69, 9.17) is 15.3 Å². The summed E-state index contributed by atoms with van der Waals surface area (Å²) in [6.45, 7) is -1.37. The number of nitrogens with one attached hydrogen (secondary N) is 2. The second-order valence-electron chi connectivity index (χ2n) is 3.26. The number of aliphatic carboxylic acids is 1. The first-order chi connectivity index (χ1) is 8.51. The largest absolute Gasteiger partial charge is 0.480 e. The van der Waals surface area contributed by atoms with Gasteiger partial charge in [-0.1, -0.05) is 0 Å². The van der Waals surface area contributed by atoms with Crippen molar-refractivity contribution in [2.75, 3.05) is 39.4 Å². The average molecular weight is 263 g/mol. The lowest BCUT2D eigenvalue weighted by molar-refractivity contribution is -0.137. The number of carboxylic acid groups (broad SMARTS) is 1. The molecule has 0 saturated carbocycles. The standard InChI is InChI=1S/C9H17N3O6/c13-3-1-12(2-4-14)9(18)11-5-7(15)10-6-8(16)17/h13-14H,1-6H2,(H,10,15)(H,11,18)(H,16,17). The Morgan fingerprint density at radius 3 is 1.94 bits per heavy atom. The van der Waals surface area contributed by atoms with Crippen LogP contribution >= 0.6 is 0 Å². The van der Waals surface area contributed by atoms with Gasteiger partial charge in [0.1, 0.15) is 6.54 Å². The van der Waals surface area contributed by atoms with Gasteiger partial charge in [-0.3, -0.25) is 9.59 Å². The molecule has 0 aliphatic rings. The molecule has 104 valence electrons. The maximum atomic E-state index is 11.5. The first kappa shape index (κ1) is 16.1. The highest BCUT2D eigenvalue weighted by Crippen LogP contribution is 1.88. The number of amides is 3. The van der Waals surface area contributed by atoms with Crippen molar-refractivity contribution in [3.8, 4) is 0 Å². The highest BCUT2D eigenvalue weighted by atomic mass is 16.4. The zero-order valence-corrected chi connectivity index (χ0v) is 9.76. The molecule has 9 nitrogen and oxygen atoms in total. The minimum atomic E-state index is -1.18. The first-order valence-corrected chi connectivity index (χ1v) is 5.24. The fraction of sp³-hybridized carbons (Fsp3) is 0.667. The van der Waals surface area contributed by atoms with Crippen LogP contribution in [0.1, 0.15) is 0 Å². The summed E-state index contributed by atoms with van der Waals surface area (Å²) >= 11 is 0. The topological polar surface area (TPSA) is 139 Å². The SMILES string of the molecule is O=C(O)CNC(=O)CNC(=O)N(CCO)CCO. The molecule has 0 aromatic rings. The van der Waals surface area contributed by atoms with Crippen LogP contribution in [0.3, 0.4) is 0 Å². The number of aliphatic hydroxyl groups is 2. The van der Waals surface area contributed by atoms with E-state index in [1.165, 1.54) is 0 Å². The molecule has 0 atom stereocenters. The summed E-state index contributed by atoms with van der Waals surface area (Å²) in [5, 5.41) is 30.0. The Kier molecular flexibility index (Phi) is 8.24. The summed E-state index contributed by atoms with van der Waals surface area (Å²) < 4.78 is 0. The molecule has 18 heavy (non-hydrogen) atoms. The summed E-state index contributed by atoms with van der Waals surface area (Å²) in [7, 11) is 0.